The molecule has 1 heterocycles. The smallest absolute Gasteiger partial charge is 0.462 e. The van der Waals surface area contributed by atoms with Gasteiger partial charge in [0.1, 0.15) is 12.7 Å². The highest BCUT2D eigenvalue weighted by atomic mass is 31.2. The number of aliphatic hydroxyl groups is 1. The van der Waals surface area contributed by atoms with Crippen molar-refractivity contribution in [3.63, 3.8) is 0 Å². The molecule has 14 nitrogen and oxygen atoms in total. The molecule has 4 N–H and O–H groups in total. The third-order valence-corrected chi connectivity index (χ3v) is 11.4. The van der Waals surface area contributed by atoms with Crippen LogP contribution in [0, 0.1) is 0 Å². The van der Waals surface area contributed by atoms with E-state index >= 15 is 0 Å². The summed E-state index contributed by atoms with van der Waals surface area (Å²) in [6.45, 7) is 1.68. The van der Waals surface area contributed by atoms with Crippen LogP contribution in [0.1, 0.15) is 181 Å². The second kappa shape index (κ2) is 36.8. The van der Waals surface area contributed by atoms with Crippen molar-refractivity contribution in [2.75, 3.05) is 26.4 Å². The number of esters is 2. The Balaban J connectivity index is 2.34. The van der Waals surface area contributed by atoms with Crippen molar-refractivity contribution in [3.05, 3.63) is 36.5 Å². The molecule has 1 saturated heterocycles. The van der Waals surface area contributed by atoms with E-state index in [0.29, 0.717) is 25.0 Å². The molecule has 1 fully saturated rings. The van der Waals surface area contributed by atoms with Gasteiger partial charge < -0.3 is 34.0 Å². The maximum absolute atomic E-state index is 12.7. The minimum atomic E-state index is -4.87. The number of hydrogen-bond donors (Lipinski definition) is 4. The zero-order valence-corrected chi connectivity index (χ0v) is 38.5. The van der Waals surface area contributed by atoms with Crippen LogP contribution in [-0.2, 0) is 46.5 Å². The molecule has 5 atom stereocenters. The van der Waals surface area contributed by atoms with E-state index in [2.05, 4.69) is 54.8 Å². The van der Waals surface area contributed by atoms with Crippen LogP contribution in [0.25, 0.3) is 0 Å². The molecule has 1 rings (SSSR count). The highest BCUT2D eigenvalue weighted by Gasteiger charge is 2.36. The quantitative estimate of drug-likeness (QED) is 0.0148. The Labute approximate surface area is 361 Å². The highest BCUT2D eigenvalue weighted by molar-refractivity contribution is 7.47. The Morgan fingerprint density at radius 1 is 0.583 bits per heavy atom. The second-order valence-electron chi connectivity index (χ2n) is 15.7. The molecule has 0 radical (unpaired) electrons. The van der Waals surface area contributed by atoms with Gasteiger partial charge in [0.2, 0.25) is 0 Å². The Hall–Kier alpha value is -1.70. The largest absolute Gasteiger partial charge is 0.472 e. The summed E-state index contributed by atoms with van der Waals surface area (Å²) in [6.07, 6.45) is 37.3. The number of hydrogen-bond acceptors (Lipinski definition) is 11. The third kappa shape index (κ3) is 36.9. The summed E-state index contributed by atoms with van der Waals surface area (Å²) in [6, 6.07) is 0. The number of phosphoric acid groups is 2. The SMILES string of the molecule is CCCCC/C=C\C/C=C\CCCCCCCCCC(=O)OC[C@H](COP(=O)(O)OC[C@@H](O)COP(=O)(O)O)OC(=O)CCCCCCC/C=C\CC1OC1CCCCC. The predicted octanol–water partition coefficient (Wildman–Crippen LogP) is 10.7. The monoisotopic (exact) mass is 895 g/mol. The number of allylic oxidation sites excluding steroid dienone is 5. The van der Waals surface area contributed by atoms with Crippen LogP contribution < -0.4 is 0 Å². The van der Waals surface area contributed by atoms with Gasteiger partial charge in [-0.05, 0) is 70.6 Å². The molecule has 0 aliphatic carbocycles. The van der Waals surface area contributed by atoms with Gasteiger partial charge in [-0.3, -0.25) is 23.2 Å². The fourth-order valence-electron chi connectivity index (χ4n) is 6.33. The van der Waals surface area contributed by atoms with Crippen molar-refractivity contribution in [1.82, 2.24) is 0 Å². The van der Waals surface area contributed by atoms with Crippen LogP contribution in [0.15, 0.2) is 36.5 Å². The zero-order valence-electron chi connectivity index (χ0n) is 36.8. The third-order valence-electron chi connectivity index (χ3n) is 9.92. The topological polar surface area (TPSA) is 208 Å². The second-order valence-corrected chi connectivity index (χ2v) is 18.4. The Morgan fingerprint density at radius 2 is 1.08 bits per heavy atom. The fraction of sp³-hybridized carbons (Fsp3) is 0.818. The van der Waals surface area contributed by atoms with Crippen molar-refractivity contribution in [3.8, 4) is 0 Å². The molecule has 0 aromatic carbocycles. The number of rotatable bonds is 42. The average Bonchev–Trinajstić information content (AvgIpc) is 3.96. The minimum Gasteiger partial charge on any atom is -0.462 e. The van der Waals surface area contributed by atoms with Gasteiger partial charge in [-0.25, -0.2) is 9.13 Å². The minimum absolute atomic E-state index is 0.109. The maximum Gasteiger partial charge on any atom is 0.472 e. The lowest BCUT2D eigenvalue weighted by molar-refractivity contribution is -0.161. The van der Waals surface area contributed by atoms with Crippen molar-refractivity contribution >= 4 is 27.6 Å². The summed E-state index contributed by atoms with van der Waals surface area (Å²) in [5.41, 5.74) is 0. The Bertz CT molecular complexity index is 1270. The number of epoxide rings is 1. The van der Waals surface area contributed by atoms with Gasteiger partial charge in [0.25, 0.3) is 0 Å². The number of carbonyl (C=O) groups excluding carboxylic acids is 2. The molecule has 350 valence electrons. The average molecular weight is 895 g/mol. The first-order valence-electron chi connectivity index (χ1n) is 22.8. The summed E-state index contributed by atoms with van der Waals surface area (Å²) < 4.78 is 53.6. The van der Waals surface area contributed by atoms with Gasteiger partial charge in [0.15, 0.2) is 6.10 Å². The number of unbranched alkanes of at least 4 members (excludes halogenated alkanes) is 17. The van der Waals surface area contributed by atoms with Crippen molar-refractivity contribution in [2.45, 2.75) is 205 Å². The number of ether oxygens (including phenoxy) is 3. The number of aliphatic hydroxyl groups excluding tert-OH is 1. The Kier molecular flexibility index (Phi) is 34.5. The van der Waals surface area contributed by atoms with Gasteiger partial charge in [0.05, 0.1) is 32.0 Å². The van der Waals surface area contributed by atoms with E-state index in [1.165, 1.54) is 57.8 Å². The lowest BCUT2D eigenvalue weighted by Crippen LogP contribution is -2.30. The fourth-order valence-corrected chi connectivity index (χ4v) is 7.48. The van der Waals surface area contributed by atoms with Gasteiger partial charge >= 0.3 is 27.6 Å². The number of carbonyl (C=O) groups is 2. The van der Waals surface area contributed by atoms with Gasteiger partial charge in [-0.15, -0.1) is 0 Å². The van der Waals surface area contributed by atoms with Crippen LogP contribution in [0.3, 0.4) is 0 Å². The summed E-state index contributed by atoms with van der Waals surface area (Å²) in [4.78, 5) is 52.8. The van der Waals surface area contributed by atoms with E-state index < -0.39 is 66.2 Å². The van der Waals surface area contributed by atoms with Gasteiger partial charge in [-0.1, -0.05) is 134 Å². The summed E-state index contributed by atoms with van der Waals surface area (Å²) in [5.74, 6) is -1.06. The predicted molar refractivity (Wildman–Crippen MR) is 234 cm³/mol. The first kappa shape index (κ1) is 56.3. The molecule has 0 saturated carbocycles. The molecular formula is C44H80O14P2. The summed E-state index contributed by atoms with van der Waals surface area (Å²) >= 11 is 0. The first-order chi connectivity index (χ1) is 28.8. The lowest BCUT2D eigenvalue weighted by Gasteiger charge is -2.20. The van der Waals surface area contributed by atoms with E-state index in [0.717, 1.165) is 83.5 Å². The molecule has 0 aromatic heterocycles. The molecule has 1 aliphatic rings. The molecule has 0 aromatic rings. The summed E-state index contributed by atoms with van der Waals surface area (Å²) in [5, 5.41) is 9.75. The van der Waals surface area contributed by atoms with Crippen molar-refractivity contribution < 1.29 is 66.3 Å². The van der Waals surface area contributed by atoms with Crippen LogP contribution in [-0.4, -0.2) is 82.6 Å². The van der Waals surface area contributed by atoms with E-state index in [-0.39, 0.29) is 12.8 Å². The summed E-state index contributed by atoms with van der Waals surface area (Å²) in [7, 11) is -9.68. The molecule has 0 bridgehead atoms. The van der Waals surface area contributed by atoms with E-state index in [4.69, 9.17) is 33.0 Å². The van der Waals surface area contributed by atoms with E-state index in [9.17, 15) is 28.7 Å². The molecule has 0 spiro atoms. The lowest BCUT2D eigenvalue weighted by atomic mass is 10.1. The molecule has 60 heavy (non-hydrogen) atoms. The van der Waals surface area contributed by atoms with Crippen LogP contribution in [0.4, 0.5) is 0 Å². The molecule has 1 aliphatic heterocycles. The molecule has 3 unspecified atom stereocenters. The van der Waals surface area contributed by atoms with Crippen LogP contribution in [0.2, 0.25) is 0 Å². The van der Waals surface area contributed by atoms with Gasteiger partial charge in [0, 0.05) is 12.8 Å². The Morgan fingerprint density at radius 3 is 1.68 bits per heavy atom. The number of phosphoric ester groups is 2. The van der Waals surface area contributed by atoms with Crippen molar-refractivity contribution in [1.29, 1.82) is 0 Å². The van der Waals surface area contributed by atoms with Crippen LogP contribution >= 0.6 is 15.6 Å². The van der Waals surface area contributed by atoms with Crippen LogP contribution in [0.5, 0.6) is 0 Å². The molecular weight excluding hydrogens is 814 g/mol. The highest BCUT2D eigenvalue weighted by Crippen LogP contribution is 2.44. The first-order valence-corrected chi connectivity index (χ1v) is 25.8. The zero-order chi connectivity index (χ0) is 44.2. The standard InChI is InChI=1S/C44H80O14P2/c1-3-5-7-8-9-10-11-12-13-14-15-16-17-18-22-25-29-33-43(46)53-37-40(38-56-60(51,52)55-36-39(45)35-54-59(48,49)50)57-44(47)34-30-26-23-20-19-21-24-28-32-42-41(58-42)31-27-6-4-2/h9-10,12-13,24,28,39-42,45H,3-8,11,14-23,25-27,29-38H2,1-2H3,(H,51,52)(H2,48,49,50)/b10-9-,13-12-,28-24-/t39-,40+,41?,42?/m0/s1. The van der Waals surface area contributed by atoms with Gasteiger partial charge in [-0.2, -0.15) is 0 Å². The van der Waals surface area contributed by atoms with E-state index in [1.807, 2.05) is 0 Å². The van der Waals surface area contributed by atoms with Crippen molar-refractivity contribution in [2.24, 2.45) is 0 Å². The maximum atomic E-state index is 12.7. The molecule has 16 heteroatoms. The molecule has 0 amide bonds. The van der Waals surface area contributed by atoms with E-state index in [1.54, 1.807) is 0 Å². The normalized spacial score (nSPS) is 17.7.